The van der Waals surface area contributed by atoms with Crippen LogP contribution in [0.25, 0.3) is 0 Å². The third-order valence-corrected chi connectivity index (χ3v) is 1.91. The van der Waals surface area contributed by atoms with Gasteiger partial charge in [0.25, 0.3) is 5.91 Å². The van der Waals surface area contributed by atoms with Gasteiger partial charge in [-0.05, 0) is 12.1 Å². The van der Waals surface area contributed by atoms with Gasteiger partial charge < -0.3 is 5.32 Å². The first kappa shape index (κ1) is 10.7. The van der Waals surface area contributed by atoms with E-state index in [4.69, 9.17) is 0 Å². The van der Waals surface area contributed by atoms with Crippen molar-refractivity contribution in [2.24, 2.45) is 5.92 Å². The second kappa shape index (κ2) is 5.37. The molecule has 0 aliphatic heterocycles. The smallest absolute Gasteiger partial charge is 0.251 e. The quantitative estimate of drug-likeness (QED) is 0.782. The van der Waals surface area contributed by atoms with E-state index in [-0.39, 0.29) is 11.8 Å². The van der Waals surface area contributed by atoms with Gasteiger partial charge in [-0.25, -0.2) is 0 Å². The molecule has 76 valence electrons. The summed E-state index contributed by atoms with van der Waals surface area (Å²) < 4.78 is 12.1. The van der Waals surface area contributed by atoms with Gasteiger partial charge in [-0.3, -0.25) is 9.18 Å². The third-order valence-electron chi connectivity index (χ3n) is 1.91. The number of nitrogens with one attached hydrogen (secondary N) is 1. The Morgan fingerprint density at radius 2 is 2.07 bits per heavy atom. The molecule has 3 heteroatoms. The first-order valence-corrected chi connectivity index (χ1v) is 4.63. The number of halogens is 1. The van der Waals surface area contributed by atoms with Gasteiger partial charge in [0.2, 0.25) is 0 Å². The molecule has 1 unspecified atom stereocenters. The highest BCUT2D eigenvalue weighted by atomic mass is 19.1. The number of benzene rings is 1. The van der Waals surface area contributed by atoms with Crippen molar-refractivity contribution in [3.63, 3.8) is 0 Å². The van der Waals surface area contributed by atoms with Crippen LogP contribution in [0.15, 0.2) is 30.3 Å². The van der Waals surface area contributed by atoms with E-state index in [9.17, 15) is 9.18 Å². The van der Waals surface area contributed by atoms with Crippen LogP contribution >= 0.6 is 0 Å². The molecule has 1 aromatic rings. The molecule has 1 aromatic carbocycles. The molecule has 0 saturated heterocycles. The fourth-order valence-corrected chi connectivity index (χ4v) is 1.01. The molecule has 0 radical (unpaired) electrons. The monoisotopic (exact) mass is 195 g/mol. The van der Waals surface area contributed by atoms with Gasteiger partial charge in [0.15, 0.2) is 0 Å². The molecule has 0 spiro atoms. The SMILES string of the molecule is CC(CF)CNC(=O)c1ccccc1. The minimum atomic E-state index is -0.408. The van der Waals surface area contributed by atoms with Gasteiger partial charge in [0, 0.05) is 18.0 Å². The Morgan fingerprint density at radius 1 is 1.43 bits per heavy atom. The van der Waals surface area contributed by atoms with Crippen LogP contribution in [-0.2, 0) is 0 Å². The standard InChI is InChI=1S/C11H14FNO/c1-9(7-12)8-13-11(14)10-5-3-2-4-6-10/h2-6,9H,7-8H2,1H3,(H,13,14). The number of amides is 1. The van der Waals surface area contributed by atoms with E-state index in [0.29, 0.717) is 12.1 Å². The summed E-state index contributed by atoms with van der Waals surface area (Å²) >= 11 is 0. The van der Waals surface area contributed by atoms with Gasteiger partial charge >= 0.3 is 0 Å². The lowest BCUT2D eigenvalue weighted by Gasteiger charge is -2.08. The van der Waals surface area contributed by atoms with Crippen LogP contribution < -0.4 is 5.32 Å². The minimum absolute atomic E-state index is 0.123. The summed E-state index contributed by atoms with van der Waals surface area (Å²) in [5.74, 6) is -0.270. The average Bonchev–Trinajstić information content (AvgIpc) is 2.26. The van der Waals surface area contributed by atoms with Crippen LogP contribution in [0.3, 0.4) is 0 Å². The maximum absolute atomic E-state index is 12.1. The summed E-state index contributed by atoms with van der Waals surface area (Å²) in [6.45, 7) is 1.73. The van der Waals surface area contributed by atoms with Crippen LogP contribution in [0.5, 0.6) is 0 Å². The number of carbonyl (C=O) groups is 1. The van der Waals surface area contributed by atoms with Gasteiger partial charge in [-0.2, -0.15) is 0 Å². The van der Waals surface area contributed by atoms with Crippen molar-refractivity contribution >= 4 is 5.91 Å². The van der Waals surface area contributed by atoms with E-state index >= 15 is 0 Å². The fourth-order valence-electron chi connectivity index (χ4n) is 1.01. The van der Waals surface area contributed by atoms with Crippen LogP contribution in [-0.4, -0.2) is 19.1 Å². The summed E-state index contributed by atoms with van der Waals surface area (Å²) in [6, 6.07) is 8.91. The van der Waals surface area contributed by atoms with Crippen LogP contribution in [0, 0.1) is 5.92 Å². The Morgan fingerprint density at radius 3 is 2.64 bits per heavy atom. The maximum Gasteiger partial charge on any atom is 0.251 e. The minimum Gasteiger partial charge on any atom is -0.352 e. The molecule has 2 nitrogen and oxygen atoms in total. The van der Waals surface area contributed by atoms with Crippen molar-refractivity contribution < 1.29 is 9.18 Å². The molecule has 0 aromatic heterocycles. The molecule has 0 bridgehead atoms. The Bertz CT molecular complexity index is 287. The molecular weight excluding hydrogens is 181 g/mol. The zero-order valence-electron chi connectivity index (χ0n) is 8.16. The number of hydrogen-bond acceptors (Lipinski definition) is 1. The second-order valence-electron chi connectivity index (χ2n) is 3.34. The molecule has 0 saturated carbocycles. The Hall–Kier alpha value is -1.38. The fraction of sp³-hybridized carbons (Fsp3) is 0.364. The van der Waals surface area contributed by atoms with Crippen LogP contribution in [0.1, 0.15) is 17.3 Å². The van der Waals surface area contributed by atoms with Crippen molar-refractivity contribution in [3.05, 3.63) is 35.9 Å². The zero-order valence-corrected chi connectivity index (χ0v) is 8.16. The molecule has 14 heavy (non-hydrogen) atoms. The van der Waals surface area contributed by atoms with Crippen LogP contribution in [0.2, 0.25) is 0 Å². The van der Waals surface area contributed by atoms with Crippen molar-refractivity contribution in [2.75, 3.05) is 13.2 Å². The number of alkyl halides is 1. The van der Waals surface area contributed by atoms with Gasteiger partial charge in [0.1, 0.15) is 0 Å². The van der Waals surface area contributed by atoms with Gasteiger partial charge in [-0.1, -0.05) is 25.1 Å². The topological polar surface area (TPSA) is 29.1 Å². The summed E-state index contributed by atoms with van der Waals surface area (Å²) in [4.78, 5) is 11.4. The lowest BCUT2D eigenvalue weighted by molar-refractivity contribution is 0.0946. The highest BCUT2D eigenvalue weighted by molar-refractivity contribution is 5.94. The Kier molecular flexibility index (Phi) is 4.11. The van der Waals surface area contributed by atoms with Crippen molar-refractivity contribution in [1.82, 2.24) is 5.32 Å². The maximum atomic E-state index is 12.1. The molecule has 1 rings (SSSR count). The van der Waals surface area contributed by atoms with E-state index in [1.165, 1.54) is 0 Å². The van der Waals surface area contributed by atoms with E-state index in [1.807, 2.05) is 6.07 Å². The molecular formula is C11H14FNO. The van der Waals surface area contributed by atoms with Crippen molar-refractivity contribution in [2.45, 2.75) is 6.92 Å². The normalized spacial score (nSPS) is 12.1. The lowest BCUT2D eigenvalue weighted by atomic mass is 10.2. The lowest BCUT2D eigenvalue weighted by Crippen LogP contribution is -2.28. The Labute approximate surface area is 83.1 Å². The largest absolute Gasteiger partial charge is 0.352 e. The summed E-state index contributed by atoms with van der Waals surface area (Å²) in [5, 5.41) is 2.67. The Balaban J connectivity index is 2.44. The molecule has 0 aliphatic carbocycles. The number of carbonyl (C=O) groups excluding carboxylic acids is 1. The van der Waals surface area contributed by atoms with Gasteiger partial charge in [0.05, 0.1) is 6.67 Å². The highest BCUT2D eigenvalue weighted by Gasteiger charge is 2.06. The van der Waals surface area contributed by atoms with Gasteiger partial charge in [-0.15, -0.1) is 0 Å². The van der Waals surface area contributed by atoms with Crippen LogP contribution in [0.4, 0.5) is 4.39 Å². The van der Waals surface area contributed by atoms with Crippen molar-refractivity contribution in [1.29, 1.82) is 0 Å². The number of rotatable bonds is 4. The van der Waals surface area contributed by atoms with E-state index in [0.717, 1.165) is 0 Å². The average molecular weight is 195 g/mol. The second-order valence-corrected chi connectivity index (χ2v) is 3.34. The summed E-state index contributed by atoms with van der Waals surface area (Å²) in [7, 11) is 0. The van der Waals surface area contributed by atoms with Crippen molar-refractivity contribution in [3.8, 4) is 0 Å². The predicted molar refractivity (Wildman–Crippen MR) is 53.9 cm³/mol. The summed E-state index contributed by atoms with van der Waals surface area (Å²) in [6.07, 6.45) is 0. The van der Waals surface area contributed by atoms with E-state index < -0.39 is 6.67 Å². The zero-order chi connectivity index (χ0) is 10.4. The molecule has 0 fully saturated rings. The molecule has 1 atom stereocenters. The molecule has 0 heterocycles. The van der Waals surface area contributed by atoms with E-state index in [1.54, 1.807) is 31.2 Å². The number of hydrogen-bond donors (Lipinski definition) is 1. The summed E-state index contributed by atoms with van der Waals surface area (Å²) in [5.41, 5.74) is 0.610. The predicted octanol–water partition coefficient (Wildman–Crippen LogP) is 2.02. The first-order valence-electron chi connectivity index (χ1n) is 4.63. The highest BCUT2D eigenvalue weighted by Crippen LogP contribution is 1.99. The molecule has 0 aliphatic rings. The first-order chi connectivity index (χ1) is 6.74. The third kappa shape index (κ3) is 3.17. The van der Waals surface area contributed by atoms with E-state index in [2.05, 4.69) is 5.32 Å². The molecule has 1 N–H and O–H groups in total. The molecule has 1 amide bonds.